The van der Waals surface area contributed by atoms with Crippen molar-refractivity contribution in [2.24, 2.45) is 0 Å². The summed E-state index contributed by atoms with van der Waals surface area (Å²) in [5.74, 6) is 0. The molecule has 7 aromatic carbocycles. The van der Waals surface area contributed by atoms with E-state index in [9.17, 15) is 0 Å². The first kappa shape index (κ1) is 23.0. The van der Waals surface area contributed by atoms with Crippen LogP contribution in [0.25, 0.3) is 43.8 Å². The van der Waals surface area contributed by atoms with Crippen LogP contribution in [0.5, 0.6) is 0 Å². The predicted octanol–water partition coefficient (Wildman–Crippen LogP) is 10.8. The first-order valence-electron chi connectivity index (χ1n) is 13.4. The second-order valence-corrected chi connectivity index (χ2v) is 9.76. The molecule has 0 fully saturated rings. The first-order chi connectivity index (χ1) is 19.4. The fraction of sp³-hybridized carbons (Fsp3) is 0. The van der Waals surface area contributed by atoms with Crippen molar-refractivity contribution < 1.29 is 0 Å². The van der Waals surface area contributed by atoms with Crippen LogP contribution < -0.4 is 4.90 Å². The second-order valence-electron chi connectivity index (χ2n) is 9.76. The van der Waals surface area contributed by atoms with Gasteiger partial charge in [0, 0.05) is 17.1 Å². The summed E-state index contributed by atoms with van der Waals surface area (Å²) < 4.78 is 0. The Labute approximate surface area is 229 Å². The van der Waals surface area contributed by atoms with Gasteiger partial charge in [-0.3, -0.25) is 0 Å². The summed E-state index contributed by atoms with van der Waals surface area (Å²) in [6, 6.07) is 58.6. The molecule has 0 amide bonds. The lowest BCUT2D eigenvalue weighted by Gasteiger charge is -2.26. The zero-order valence-electron chi connectivity index (χ0n) is 21.5. The molecule has 39 heavy (non-hydrogen) atoms. The fourth-order valence-corrected chi connectivity index (χ4v) is 5.74. The monoisotopic (exact) mass is 497 g/mol. The van der Waals surface area contributed by atoms with Crippen LogP contribution in [0.3, 0.4) is 0 Å². The highest BCUT2D eigenvalue weighted by Gasteiger charge is 2.19. The third kappa shape index (κ3) is 4.15. The summed E-state index contributed by atoms with van der Waals surface area (Å²) in [6.07, 6.45) is 0. The number of benzene rings is 7. The van der Waals surface area contributed by atoms with Crippen LogP contribution in [0.2, 0.25) is 0 Å². The average molecular weight is 498 g/mol. The number of nitrogens with zero attached hydrogens (tertiary/aromatic N) is 1. The molecular weight excluding hydrogens is 470 g/mol. The van der Waals surface area contributed by atoms with E-state index < -0.39 is 0 Å². The van der Waals surface area contributed by atoms with Gasteiger partial charge in [-0.05, 0) is 80.2 Å². The summed E-state index contributed by atoms with van der Waals surface area (Å²) >= 11 is 0. The van der Waals surface area contributed by atoms with Crippen LogP contribution >= 0.6 is 0 Å². The molecule has 184 valence electrons. The summed E-state index contributed by atoms with van der Waals surface area (Å²) in [5, 5.41) is 5.03. The van der Waals surface area contributed by atoms with E-state index >= 15 is 0 Å². The Bertz CT molecular complexity index is 1840. The Morgan fingerprint density at radius 1 is 0.282 bits per heavy atom. The quantitative estimate of drug-likeness (QED) is 0.214. The van der Waals surface area contributed by atoms with Gasteiger partial charge in [0.2, 0.25) is 0 Å². The Balaban J connectivity index is 1.60. The number of fused-ring (bicyclic) bond motifs is 2. The molecule has 7 rings (SSSR count). The minimum absolute atomic E-state index is 1.13. The van der Waals surface area contributed by atoms with Crippen molar-refractivity contribution in [3.05, 3.63) is 164 Å². The maximum Gasteiger partial charge on any atom is 0.0468 e. The van der Waals surface area contributed by atoms with E-state index in [0.29, 0.717) is 0 Å². The smallest absolute Gasteiger partial charge is 0.0468 e. The molecule has 0 spiro atoms. The summed E-state index contributed by atoms with van der Waals surface area (Å²) in [5.41, 5.74) is 8.39. The van der Waals surface area contributed by atoms with Crippen LogP contribution in [0, 0.1) is 0 Å². The summed E-state index contributed by atoms with van der Waals surface area (Å²) in [4.78, 5) is 2.34. The van der Waals surface area contributed by atoms with E-state index in [2.05, 4.69) is 169 Å². The van der Waals surface area contributed by atoms with E-state index in [-0.39, 0.29) is 0 Å². The first-order valence-corrected chi connectivity index (χ1v) is 13.4. The molecule has 0 heterocycles. The van der Waals surface area contributed by atoms with Crippen LogP contribution in [-0.2, 0) is 0 Å². The van der Waals surface area contributed by atoms with E-state index in [4.69, 9.17) is 0 Å². The van der Waals surface area contributed by atoms with E-state index in [1.807, 2.05) is 0 Å². The van der Waals surface area contributed by atoms with Gasteiger partial charge in [-0.2, -0.15) is 0 Å². The highest BCUT2D eigenvalue weighted by molar-refractivity contribution is 6.22. The van der Waals surface area contributed by atoms with Crippen molar-refractivity contribution >= 4 is 38.6 Å². The van der Waals surface area contributed by atoms with Gasteiger partial charge in [0.25, 0.3) is 0 Å². The number of anilines is 3. The Morgan fingerprint density at radius 3 is 1.15 bits per heavy atom. The number of hydrogen-bond acceptors (Lipinski definition) is 1. The molecular formula is C38H27N. The van der Waals surface area contributed by atoms with Crippen LogP contribution in [-0.4, -0.2) is 0 Å². The lowest BCUT2D eigenvalue weighted by molar-refractivity contribution is 1.29. The van der Waals surface area contributed by atoms with Crippen molar-refractivity contribution in [2.75, 3.05) is 4.90 Å². The molecule has 0 saturated carbocycles. The highest BCUT2D eigenvalue weighted by Crippen LogP contribution is 2.46. The minimum atomic E-state index is 1.13. The van der Waals surface area contributed by atoms with Crippen molar-refractivity contribution in [1.29, 1.82) is 0 Å². The largest absolute Gasteiger partial charge is 0.310 e. The average Bonchev–Trinajstić information content (AvgIpc) is 3.02. The summed E-state index contributed by atoms with van der Waals surface area (Å²) in [6.45, 7) is 0. The zero-order valence-corrected chi connectivity index (χ0v) is 21.5. The van der Waals surface area contributed by atoms with Gasteiger partial charge in [-0.25, -0.2) is 0 Å². The van der Waals surface area contributed by atoms with Gasteiger partial charge in [-0.1, -0.05) is 127 Å². The standard InChI is InChI=1S/C38H27N/c1-5-15-28(16-6-1)37-33-23-13-14-24-34(33)38(29-17-7-2-8-18-29)36-27-32(25-26-35(36)37)39(30-19-9-3-10-20-30)31-21-11-4-12-22-31/h1-27H. The normalized spacial score (nSPS) is 11.1. The van der Waals surface area contributed by atoms with E-state index in [1.54, 1.807) is 0 Å². The molecule has 0 radical (unpaired) electrons. The van der Waals surface area contributed by atoms with Gasteiger partial charge in [0.1, 0.15) is 0 Å². The second kappa shape index (κ2) is 9.96. The number of hydrogen-bond donors (Lipinski definition) is 0. The van der Waals surface area contributed by atoms with Gasteiger partial charge < -0.3 is 4.90 Å². The Morgan fingerprint density at radius 2 is 0.667 bits per heavy atom. The third-order valence-electron chi connectivity index (χ3n) is 7.42. The Hall–Kier alpha value is -5.14. The number of para-hydroxylation sites is 2. The molecule has 0 aliphatic rings. The maximum atomic E-state index is 2.37. The van der Waals surface area contributed by atoms with Crippen molar-refractivity contribution in [2.45, 2.75) is 0 Å². The molecule has 0 saturated heterocycles. The molecule has 0 atom stereocenters. The molecule has 0 N–H and O–H groups in total. The van der Waals surface area contributed by atoms with Gasteiger partial charge in [-0.15, -0.1) is 0 Å². The predicted molar refractivity (Wildman–Crippen MR) is 167 cm³/mol. The third-order valence-corrected chi connectivity index (χ3v) is 7.42. The Kier molecular flexibility index (Phi) is 5.88. The van der Waals surface area contributed by atoms with E-state index in [1.165, 1.54) is 43.8 Å². The van der Waals surface area contributed by atoms with Crippen LogP contribution in [0.1, 0.15) is 0 Å². The van der Waals surface area contributed by atoms with Crippen molar-refractivity contribution in [3.8, 4) is 22.3 Å². The molecule has 0 aromatic heterocycles. The maximum absolute atomic E-state index is 2.37. The minimum Gasteiger partial charge on any atom is -0.310 e. The van der Waals surface area contributed by atoms with E-state index in [0.717, 1.165) is 17.1 Å². The van der Waals surface area contributed by atoms with Crippen LogP contribution in [0.4, 0.5) is 17.1 Å². The van der Waals surface area contributed by atoms with Crippen LogP contribution in [0.15, 0.2) is 164 Å². The molecule has 0 aliphatic heterocycles. The van der Waals surface area contributed by atoms with Crippen molar-refractivity contribution in [1.82, 2.24) is 0 Å². The molecule has 0 aliphatic carbocycles. The molecule has 0 unspecified atom stereocenters. The number of rotatable bonds is 5. The topological polar surface area (TPSA) is 3.24 Å². The summed E-state index contributed by atoms with van der Waals surface area (Å²) in [7, 11) is 0. The highest BCUT2D eigenvalue weighted by atomic mass is 15.1. The molecule has 7 aromatic rings. The van der Waals surface area contributed by atoms with Gasteiger partial charge >= 0.3 is 0 Å². The zero-order chi connectivity index (χ0) is 26.0. The molecule has 0 bridgehead atoms. The van der Waals surface area contributed by atoms with Crippen molar-refractivity contribution in [3.63, 3.8) is 0 Å². The molecule has 1 nitrogen and oxygen atoms in total. The fourth-order valence-electron chi connectivity index (χ4n) is 5.74. The lowest BCUT2D eigenvalue weighted by Crippen LogP contribution is -2.09. The van der Waals surface area contributed by atoms with Gasteiger partial charge in [0.15, 0.2) is 0 Å². The lowest BCUT2D eigenvalue weighted by atomic mass is 9.85. The molecule has 1 heteroatoms. The van der Waals surface area contributed by atoms with Gasteiger partial charge in [0.05, 0.1) is 0 Å². The SMILES string of the molecule is c1ccc(-c2c3ccccc3c(-c3ccccc3)c3cc(N(c4ccccc4)c4ccccc4)ccc23)cc1.